The molecule has 1 aromatic rings. The largest absolute Gasteiger partial charge is 0.0558 e. The molecule has 0 spiro atoms. The summed E-state index contributed by atoms with van der Waals surface area (Å²) >= 11 is 0. The lowest BCUT2D eigenvalue weighted by molar-refractivity contribution is 1.08. The van der Waals surface area contributed by atoms with Gasteiger partial charge in [0.05, 0.1) is 0 Å². The zero-order chi connectivity index (χ0) is 9.42. The first-order valence-electron chi connectivity index (χ1n) is 5.09. The predicted molar refractivity (Wildman–Crippen MR) is 56.8 cm³/mol. The van der Waals surface area contributed by atoms with Crippen molar-refractivity contribution in [3.63, 3.8) is 0 Å². The number of benzene rings is 1. The molecule has 0 saturated heterocycles. The van der Waals surface area contributed by atoms with Crippen molar-refractivity contribution >= 4 is 0 Å². The summed E-state index contributed by atoms with van der Waals surface area (Å²) in [5.41, 5.74) is 4.37. The number of hydrogen-bond acceptors (Lipinski definition) is 0. The summed E-state index contributed by atoms with van der Waals surface area (Å²) in [6, 6.07) is 6.98. The molecule has 0 heterocycles. The first-order chi connectivity index (χ1) is 6.16. The molecule has 1 radical (unpaired) electrons. The number of aryl methyl sites for hydroxylation is 1. The summed E-state index contributed by atoms with van der Waals surface area (Å²) in [5.74, 6) is 2.30. The molecule has 69 valence electrons. The second-order valence-corrected chi connectivity index (χ2v) is 4.41. The molecule has 1 aromatic carbocycles. The molecular formula is C13H17. The van der Waals surface area contributed by atoms with Crippen molar-refractivity contribution in [2.24, 2.45) is 0 Å². The van der Waals surface area contributed by atoms with Gasteiger partial charge >= 0.3 is 0 Å². The molecule has 1 aliphatic rings. The van der Waals surface area contributed by atoms with E-state index in [2.05, 4.69) is 39.0 Å². The zero-order valence-electron chi connectivity index (χ0n) is 8.72. The molecule has 0 heteroatoms. The first kappa shape index (κ1) is 8.80. The monoisotopic (exact) mass is 173 g/mol. The average Bonchev–Trinajstić information content (AvgIpc) is 2.85. The van der Waals surface area contributed by atoms with Gasteiger partial charge in [-0.1, -0.05) is 37.6 Å². The van der Waals surface area contributed by atoms with Gasteiger partial charge in [0, 0.05) is 0 Å². The van der Waals surface area contributed by atoms with Gasteiger partial charge in [-0.15, -0.1) is 0 Å². The van der Waals surface area contributed by atoms with Crippen molar-refractivity contribution in [3.05, 3.63) is 40.8 Å². The molecule has 0 atom stereocenters. The van der Waals surface area contributed by atoms with Crippen LogP contribution in [-0.2, 0) is 0 Å². The maximum absolute atomic E-state index is 2.36. The van der Waals surface area contributed by atoms with E-state index in [4.69, 9.17) is 0 Å². The molecule has 13 heavy (non-hydrogen) atoms. The first-order valence-corrected chi connectivity index (χ1v) is 5.09. The van der Waals surface area contributed by atoms with E-state index >= 15 is 0 Å². The Morgan fingerprint density at radius 2 is 1.85 bits per heavy atom. The van der Waals surface area contributed by atoms with Crippen LogP contribution in [0.25, 0.3) is 0 Å². The van der Waals surface area contributed by atoms with Gasteiger partial charge in [0.15, 0.2) is 0 Å². The molecule has 0 N–H and O–H groups in total. The predicted octanol–water partition coefficient (Wildman–Crippen LogP) is 3.83. The normalized spacial score (nSPS) is 16.6. The van der Waals surface area contributed by atoms with Crippen LogP contribution in [0.1, 0.15) is 49.3 Å². The lowest BCUT2D eigenvalue weighted by Gasteiger charge is -2.09. The molecule has 0 bridgehead atoms. The third kappa shape index (κ3) is 1.93. The highest BCUT2D eigenvalue weighted by molar-refractivity contribution is 5.39. The minimum absolute atomic E-state index is 0.873. The number of hydrogen-bond donors (Lipinski definition) is 0. The van der Waals surface area contributed by atoms with Crippen LogP contribution in [-0.4, -0.2) is 0 Å². The molecule has 0 amide bonds. The molecule has 2 rings (SSSR count). The van der Waals surface area contributed by atoms with Crippen LogP contribution in [0, 0.1) is 12.8 Å². The fourth-order valence-corrected chi connectivity index (χ4v) is 1.75. The van der Waals surface area contributed by atoms with Gasteiger partial charge in [0.2, 0.25) is 0 Å². The fourth-order valence-electron chi connectivity index (χ4n) is 1.75. The van der Waals surface area contributed by atoms with Gasteiger partial charge in [-0.25, -0.2) is 0 Å². The molecule has 0 aliphatic heterocycles. The average molecular weight is 173 g/mol. The Morgan fingerprint density at radius 3 is 2.38 bits per heavy atom. The minimum atomic E-state index is 0.873. The van der Waals surface area contributed by atoms with E-state index in [1.807, 2.05) is 0 Å². The quantitative estimate of drug-likeness (QED) is 0.637. The second kappa shape index (κ2) is 3.17. The zero-order valence-corrected chi connectivity index (χ0v) is 8.72. The molecule has 1 aliphatic carbocycles. The summed E-state index contributed by atoms with van der Waals surface area (Å²) in [7, 11) is 0. The fraction of sp³-hybridized carbons (Fsp3) is 0.462. The maximum Gasteiger partial charge on any atom is -0.00118 e. The maximum atomic E-state index is 2.36. The smallest absolute Gasteiger partial charge is 0.00118 e. The van der Waals surface area contributed by atoms with Crippen LogP contribution in [0.15, 0.2) is 18.2 Å². The highest BCUT2D eigenvalue weighted by atomic mass is 14.3. The summed E-state index contributed by atoms with van der Waals surface area (Å²) in [4.78, 5) is 0. The topological polar surface area (TPSA) is 0 Å². The van der Waals surface area contributed by atoms with Crippen molar-refractivity contribution in [2.45, 2.75) is 39.5 Å². The second-order valence-electron chi connectivity index (χ2n) is 4.41. The molecule has 1 fully saturated rings. The number of rotatable bonds is 2. The molecule has 0 unspecified atom stereocenters. The summed E-state index contributed by atoms with van der Waals surface area (Å²) in [6.07, 6.45) is 2.79. The molecule has 0 nitrogen and oxygen atoms in total. The van der Waals surface area contributed by atoms with Gasteiger partial charge in [0.25, 0.3) is 0 Å². The van der Waals surface area contributed by atoms with E-state index in [9.17, 15) is 0 Å². The summed E-state index contributed by atoms with van der Waals surface area (Å²) < 4.78 is 0. The Hall–Kier alpha value is -0.780. The standard InChI is InChI=1S/C13H17/c1-9(2)12-6-10(3)7-13(8-12)11-4-5-11/h6-8,11H,4-5H2,1-3H3. The van der Waals surface area contributed by atoms with Crippen LogP contribution < -0.4 is 0 Å². The van der Waals surface area contributed by atoms with Crippen LogP contribution in [0.4, 0.5) is 0 Å². The lowest BCUT2D eigenvalue weighted by Crippen LogP contribution is -1.92. The van der Waals surface area contributed by atoms with Gasteiger partial charge < -0.3 is 0 Å². The van der Waals surface area contributed by atoms with E-state index in [1.54, 1.807) is 5.56 Å². The molecule has 1 saturated carbocycles. The van der Waals surface area contributed by atoms with Gasteiger partial charge in [-0.2, -0.15) is 0 Å². The Balaban J connectivity index is 2.36. The van der Waals surface area contributed by atoms with Gasteiger partial charge in [0.1, 0.15) is 0 Å². The highest BCUT2D eigenvalue weighted by Crippen LogP contribution is 2.41. The van der Waals surface area contributed by atoms with Crippen LogP contribution >= 0.6 is 0 Å². The highest BCUT2D eigenvalue weighted by Gasteiger charge is 2.23. The lowest BCUT2D eigenvalue weighted by atomic mass is 9.96. The van der Waals surface area contributed by atoms with Crippen LogP contribution in [0.3, 0.4) is 0 Å². The van der Waals surface area contributed by atoms with Crippen LogP contribution in [0.2, 0.25) is 0 Å². The SMILES string of the molecule is C[C](C)c1cc(C)cc(C2CC2)c1. The van der Waals surface area contributed by atoms with Gasteiger partial charge in [-0.05, 0) is 42.7 Å². The van der Waals surface area contributed by atoms with Crippen molar-refractivity contribution in [1.82, 2.24) is 0 Å². The third-order valence-electron chi connectivity index (χ3n) is 2.73. The Labute approximate surface area is 81.0 Å². The summed E-state index contributed by atoms with van der Waals surface area (Å²) in [5, 5.41) is 0. The van der Waals surface area contributed by atoms with Crippen molar-refractivity contribution in [3.8, 4) is 0 Å². The Bertz CT molecular complexity index is 286. The van der Waals surface area contributed by atoms with E-state index in [1.165, 1.54) is 29.9 Å². The van der Waals surface area contributed by atoms with E-state index in [0.717, 1.165) is 5.92 Å². The van der Waals surface area contributed by atoms with Crippen LogP contribution in [0.5, 0.6) is 0 Å². The molecule has 0 aromatic heterocycles. The van der Waals surface area contributed by atoms with Crippen molar-refractivity contribution in [2.75, 3.05) is 0 Å². The Kier molecular flexibility index (Phi) is 2.15. The summed E-state index contributed by atoms with van der Waals surface area (Å²) in [6.45, 7) is 6.56. The Morgan fingerprint density at radius 1 is 1.15 bits per heavy atom. The molecular weight excluding hydrogens is 156 g/mol. The van der Waals surface area contributed by atoms with E-state index in [-0.39, 0.29) is 0 Å². The van der Waals surface area contributed by atoms with E-state index < -0.39 is 0 Å². The van der Waals surface area contributed by atoms with Crippen molar-refractivity contribution < 1.29 is 0 Å². The third-order valence-corrected chi connectivity index (χ3v) is 2.73. The van der Waals surface area contributed by atoms with E-state index in [0.29, 0.717) is 0 Å². The van der Waals surface area contributed by atoms with Crippen molar-refractivity contribution in [1.29, 1.82) is 0 Å². The minimum Gasteiger partial charge on any atom is -0.0558 e. The van der Waals surface area contributed by atoms with Gasteiger partial charge in [-0.3, -0.25) is 0 Å².